The van der Waals surface area contributed by atoms with E-state index in [0.29, 0.717) is 0 Å². The van der Waals surface area contributed by atoms with Gasteiger partial charge in [-0.2, -0.15) is 0 Å². The molecule has 0 rings (SSSR count). The van der Waals surface area contributed by atoms with E-state index in [1.165, 1.54) is 23.1 Å². The van der Waals surface area contributed by atoms with E-state index in [1.807, 2.05) is 0 Å². The molecule has 0 saturated carbocycles. The van der Waals surface area contributed by atoms with Crippen LogP contribution in [-0.4, -0.2) is 10.2 Å². The van der Waals surface area contributed by atoms with Crippen LogP contribution in [0.25, 0.3) is 0 Å². The lowest BCUT2D eigenvalue weighted by Gasteiger charge is -1.99. The Balaban J connectivity index is 3.83. The molecule has 48 valence electrons. The summed E-state index contributed by atoms with van der Waals surface area (Å²) in [5.74, 6) is 0. The Morgan fingerprint density at radius 3 is 1.88 bits per heavy atom. The van der Waals surface area contributed by atoms with Crippen molar-refractivity contribution in [2.45, 2.75) is 33.6 Å². The van der Waals surface area contributed by atoms with Gasteiger partial charge in [-0.05, 0) is 19.8 Å². The topological polar surface area (TPSA) is 0 Å². The van der Waals surface area contributed by atoms with Gasteiger partial charge in [-0.3, -0.25) is 0 Å². The van der Waals surface area contributed by atoms with Gasteiger partial charge in [-0.25, -0.2) is 0 Å². The van der Waals surface area contributed by atoms with E-state index < -0.39 is 0 Å². The Labute approximate surface area is 55.4 Å². The van der Waals surface area contributed by atoms with Gasteiger partial charge < -0.3 is 0 Å². The number of allylic oxidation sites excluding steroid dienone is 2. The monoisotopic (exact) mass is 128 g/mol. The van der Waals surface area contributed by atoms with Crippen molar-refractivity contribution in [2.24, 2.45) is 0 Å². The van der Waals surface area contributed by atoms with E-state index in [9.17, 15) is 0 Å². The van der Waals surface area contributed by atoms with Crippen LogP contribution in [0.15, 0.2) is 10.8 Å². The first kappa shape index (κ1) is 7.96. The average molecular weight is 128 g/mol. The van der Waals surface area contributed by atoms with Gasteiger partial charge >= 0.3 is 0 Å². The third-order valence-electron chi connectivity index (χ3n) is 1.79. The quantitative estimate of drug-likeness (QED) is 0.494. The minimum Gasteiger partial charge on any atom is -0.0931 e. The molecule has 0 aliphatic rings. The molecule has 8 heavy (non-hydrogen) atoms. The zero-order chi connectivity index (χ0) is 6.57. The van der Waals surface area contributed by atoms with Crippen LogP contribution in [0, 0.1) is 0 Å². The van der Waals surface area contributed by atoms with Gasteiger partial charge in [-0.1, -0.05) is 24.6 Å². The first-order valence-electron chi connectivity index (χ1n) is 3.37. The molecule has 0 aliphatic heterocycles. The van der Waals surface area contributed by atoms with Crippen molar-refractivity contribution < 1.29 is 0 Å². The van der Waals surface area contributed by atoms with Gasteiger partial charge in [-0.15, -0.1) is 0 Å². The highest BCUT2D eigenvalue weighted by Crippen LogP contribution is 2.06. The summed E-state index contributed by atoms with van der Waals surface area (Å²) in [6.07, 6.45) is 2.51. The molecule has 0 amide bonds. The molecule has 0 atom stereocenters. The van der Waals surface area contributed by atoms with Crippen LogP contribution in [0.5, 0.6) is 0 Å². The Hall–Kier alpha value is -0.0431. The van der Waals surface area contributed by atoms with Crippen LogP contribution in [0.1, 0.15) is 33.6 Å². The summed E-state index contributed by atoms with van der Waals surface area (Å²) >= 11 is 0. The van der Waals surface area contributed by atoms with Gasteiger partial charge in [0.1, 0.15) is 0 Å². The molecule has 0 radical (unpaired) electrons. The molecule has 0 aromatic rings. The van der Waals surface area contributed by atoms with E-state index in [0.717, 1.165) is 0 Å². The van der Waals surface area contributed by atoms with E-state index in [4.69, 9.17) is 0 Å². The summed E-state index contributed by atoms with van der Waals surface area (Å²) in [5.41, 5.74) is 1.61. The van der Waals surface area contributed by atoms with Crippen molar-refractivity contribution in [3.05, 3.63) is 10.8 Å². The highest BCUT2D eigenvalue weighted by molar-refractivity contribution is 6.21. The first-order chi connectivity index (χ1) is 3.72. The maximum atomic E-state index is 2.24. The van der Waals surface area contributed by atoms with Crippen LogP contribution >= 0.6 is 0 Å². The minimum atomic E-state index is 1.24. The average Bonchev–Trinajstić information content (AvgIpc) is 1.84. The Morgan fingerprint density at radius 1 is 1.25 bits per heavy atom. The molecule has 0 unspecified atom stereocenters. The molecule has 1 heteroatoms. The third-order valence-corrected chi connectivity index (χ3v) is 3.35. The molecule has 0 spiro atoms. The van der Waals surface area contributed by atoms with Crippen molar-refractivity contribution in [1.29, 1.82) is 0 Å². The maximum absolute atomic E-state index is 2.24. The summed E-state index contributed by atoms with van der Waals surface area (Å²) in [6, 6.07) is 0. The van der Waals surface area contributed by atoms with E-state index in [2.05, 4.69) is 20.8 Å². The van der Waals surface area contributed by atoms with Crippen LogP contribution in [0.4, 0.5) is 0 Å². The largest absolute Gasteiger partial charge is 0.0931 e. The number of hydrogen-bond donors (Lipinski definition) is 0. The molecule has 0 N–H and O–H groups in total. The molecule has 0 aromatic carbocycles. The summed E-state index contributed by atoms with van der Waals surface area (Å²) in [5, 5.41) is 1.69. The Bertz CT molecular complexity index is 80.6. The van der Waals surface area contributed by atoms with E-state index >= 15 is 0 Å². The second-order valence-corrected chi connectivity index (χ2v) is 3.47. The summed E-state index contributed by atoms with van der Waals surface area (Å²) in [7, 11) is 1.26. The predicted octanol–water partition coefficient (Wildman–Crippen LogP) is 1.45. The highest BCUT2D eigenvalue weighted by Gasteiger charge is 1.88. The molecule has 0 aliphatic carbocycles. The molecule has 0 saturated heterocycles. The first-order valence-corrected chi connectivity index (χ1v) is 4.37. The fourth-order valence-electron chi connectivity index (χ4n) is 0.604. The van der Waals surface area contributed by atoms with E-state index in [1.54, 1.807) is 10.8 Å². The Morgan fingerprint density at radius 2 is 1.75 bits per heavy atom. The van der Waals surface area contributed by atoms with Gasteiger partial charge in [0.25, 0.3) is 0 Å². The van der Waals surface area contributed by atoms with Crippen molar-refractivity contribution in [3.8, 4) is 0 Å². The molecule has 0 aromatic heterocycles. The number of rotatable bonds is 2. The SMILES string of the molecule is CCC(C)=C([SiH3])CC. The zero-order valence-corrected chi connectivity index (χ0v) is 8.41. The lowest BCUT2D eigenvalue weighted by molar-refractivity contribution is 1.04. The zero-order valence-electron chi connectivity index (χ0n) is 6.41. The van der Waals surface area contributed by atoms with Crippen molar-refractivity contribution >= 4 is 10.2 Å². The molecule has 0 nitrogen and oxygen atoms in total. The molecular formula is C7H16Si. The highest BCUT2D eigenvalue weighted by atomic mass is 28.1. The fourth-order valence-corrected chi connectivity index (χ4v) is 0.957. The normalized spacial score (nSPS) is 13.9. The Kier molecular flexibility index (Phi) is 3.88. The smallest absolute Gasteiger partial charge is 0.0332 e. The standard InChI is InChI=1S/C7H16Si/c1-4-6(3)7(8)5-2/h4-5H2,1-3,8H3. The summed E-state index contributed by atoms with van der Waals surface area (Å²) < 4.78 is 0. The predicted molar refractivity (Wildman–Crippen MR) is 43.2 cm³/mol. The van der Waals surface area contributed by atoms with E-state index in [-0.39, 0.29) is 0 Å². The minimum absolute atomic E-state index is 1.24. The lowest BCUT2D eigenvalue weighted by Crippen LogP contribution is -1.83. The lowest BCUT2D eigenvalue weighted by atomic mass is 10.2. The second kappa shape index (κ2) is 3.90. The number of hydrogen-bond acceptors (Lipinski definition) is 0. The van der Waals surface area contributed by atoms with Crippen LogP contribution in [0.3, 0.4) is 0 Å². The molecule has 0 bridgehead atoms. The molecule has 0 heterocycles. The summed E-state index contributed by atoms with van der Waals surface area (Å²) in [4.78, 5) is 0. The molecular weight excluding hydrogens is 112 g/mol. The van der Waals surface area contributed by atoms with Gasteiger partial charge in [0.05, 0.1) is 0 Å². The van der Waals surface area contributed by atoms with Crippen LogP contribution in [-0.2, 0) is 0 Å². The van der Waals surface area contributed by atoms with Crippen molar-refractivity contribution in [3.63, 3.8) is 0 Å². The van der Waals surface area contributed by atoms with Gasteiger partial charge in [0.2, 0.25) is 0 Å². The maximum Gasteiger partial charge on any atom is 0.0332 e. The van der Waals surface area contributed by atoms with Crippen LogP contribution in [0.2, 0.25) is 0 Å². The van der Waals surface area contributed by atoms with Crippen molar-refractivity contribution in [2.75, 3.05) is 0 Å². The van der Waals surface area contributed by atoms with Gasteiger partial charge in [0.15, 0.2) is 0 Å². The summed E-state index contributed by atoms with van der Waals surface area (Å²) in [6.45, 7) is 6.70. The van der Waals surface area contributed by atoms with Crippen LogP contribution < -0.4 is 0 Å². The van der Waals surface area contributed by atoms with Crippen molar-refractivity contribution in [1.82, 2.24) is 0 Å². The van der Waals surface area contributed by atoms with Gasteiger partial charge in [0, 0.05) is 10.2 Å². The third kappa shape index (κ3) is 2.31. The second-order valence-electron chi connectivity index (χ2n) is 2.27. The fraction of sp³-hybridized carbons (Fsp3) is 0.714. The molecule has 0 fully saturated rings.